The monoisotopic (exact) mass is 272 g/mol. The van der Waals surface area contributed by atoms with Crippen molar-refractivity contribution in [3.8, 4) is 0 Å². The van der Waals surface area contributed by atoms with E-state index in [1.807, 2.05) is 0 Å². The third-order valence-electron chi connectivity index (χ3n) is 1.66. The SMILES string of the molecule is CS(=O)(=O)CC(N=O)C(CS(C)(=O)=O)N=O. The molecule has 0 aliphatic carbocycles. The Morgan fingerprint density at radius 1 is 0.812 bits per heavy atom. The largest absolute Gasteiger partial charge is 0.229 e. The van der Waals surface area contributed by atoms with Crippen molar-refractivity contribution in [1.82, 2.24) is 0 Å². The van der Waals surface area contributed by atoms with E-state index in [1.165, 1.54) is 0 Å². The molecule has 0 spiro atoms. The summed E-state index contributed by atoms with van der Waals surface area (Å²) in [7, 11) is -7.07. The van der Waals surface area contributed by atoms with Crippen LogP contribution in [-0.2, 0) is 19.7 Å². The predicted octanol–water partition coefficient (Wildman–Crippen LogP) is -0.654. The van der Waals surface area contributed by atoms with Crippen molar-refractivity contribution in [2.75, 3.05) is 24.0 Å². The molecule has 0 N–H and O–H groups in total. The Kier molecular flexibility index (Phi) is 5.13. The molecule has 8 nitrogen and oxygen atoms in total. The maximum absolute atomic E-state index is 10.9. The minimum Gasteiger partial charge on any atom is -0.229 e. The van der Waals surface area contributed by atoms with E-state index < -0.39 is 43.3 Å². The molecular weight excluding hydrogens is 260 g/mol. The highest BCUT2D eigenvalue weighted by Gasteiger charge is 2.30. The van der Waals surface area contributed by atoms with Crippen molar-refractivity contribution in [3.05, 3.63) is 9.81 Å². The van der Waals surface area contributed by atoms with Gasteiger partial charge in [-0.1, -0.05) is 10.4 Å². The molecule has 0 amide bonds. The van der Waals surface area contributed by atoms with Crippen molar-refractivity contribution in [2.24, 2.45) is 10.4 Å². The molecule has 16 heavy (non-hydrogen) atoms. The summed E-state index contributed by atoms with van der Waals surface area (Å²) < 4.78 is 43.6. The molecule has 0 rings (SSSR count). The van der Waals surface area contributed by atoms with E-state index in [9.17, 15) is 26.6 Å². The summed E-state index contributed by atoms with van der Waals surface area (Å²) in [4.78, 5) is 20.7. The van der Waals surface area contributed by atoms with Gasteiger partial charge in [-0.15, -0.1) is 0 Å². The van der Waals surface area contributed by atoms with Crippen molar-refractivity contribution >= 4 is 19.7 Å². The maximum atomic E-state index is 10.9. The Morgan fingerprint density at radius 2 is 1.06 bits per heavy atom. The van der Waals surface area contributed by atoms with Crippen LogP contribution in [0.3, 0.4) is 0 Å². The van der Waals surface area contributed by atoms with Crippen molar-refractivity contribution < 1.29 is 16.8 Å². The van der Waals surface area contributed by atoms with Gasteiger partial charge < -0.3 is 0 Å². The molecule has 0 aliphatic rings. The summed E-state index contributed by atoms with van der Waals surface area (Å²) in [5.74, 6) is -1.38. The van der Waals surface area contributed by atoms with Gasteiger partial charge in [0.25, 0.3) is 0 Å². The van der Waals surface area contributed by atoms with Gasteiger partial charge in [0.2, 0.25) is 0 Å². The molecule has 0 aromatic heterocycles. The summed E-state index contributed by atoms with van der Waals surface area (Å²) in [5, 5.41) is 4.88. The van der Waals surface area contributed by atoms with Crippen molar-refractivity contribution in [3.63, 3.8) is 0 Å². The van der Waals surface area contributed by atoms with Gasteiger partial charge in [0, 0.05) is 12.5 Å². The molecular formula is C6H12N2O6S2. The van der Waals surface area contributed by atoms with Gasteiger partial charge >= 0.3 is 0 Å². The first-order valence-corrected chi connectivity index (χ1v) is 8.21. The molecule has 2 atom stereocenters. The second kappa shape index (κ2) is 5.43. The summed E-state index contributed by atoms with van der Waals surface area (Å²) in [6.07, 6.45) is 1.71. The zero-order valence-corrected chi connectivity index (χ0v) is 10.4. The van der Waals surface area contributed by atoms with Crippen molar-refractivity contribution in [1.29, 1.82) is 0 Å². The second-order valence-electron chi connectivity index (χ2n) is 3.53. The first-order chi connectivity index (χ1) is 7.09. The fourth-order valence-electron chi connectivity index (χ4n) is 1.04. The lowest BCUT2D eigenvalue weighted by molar-refractivity contribution is 0.551. The lowest BCUT2D eigenvalue weighted by Crippen LogP contribution is -2.34. The Balaban J connectivity index is 4.91. The van der Waals surface area contributed by atoms with Crippen LogP contribution < -0.4 is 0 Å². The molecule has 0 aromatic rings. The summed E-state index contributed by atoms with van der Waals surface area (Å²) in [5.41, 5.74) is 0. The third kappa shape index (κ3) is 6.56. The first-order valence-electron chi connectivity index (χ1n) is 4.09. The number of nitroso groups, excluding NO2 is 2. The van der Waals surface area contributed by atoms with E-state index in [0.717, 1.165) is 12.5 Å². The highest BCUT2D eigenvalue weighted by molar-refractivity contribution is 7.91. The fourth-order valence-corrected chi connectivity index (χ4v) is 2.85. The topological polar surface area (TPSA) is 127 Å². The average molecular weight is 272 g/mol. The van der Waals surface area contributed by atoms with Crippen LogP contribution in [-0.4, -0.2) is 52.9 Å². The molecule has 0 radical (unpaired) electrons. The number of hydrogen-bond acceptors (Lipinski definition) is 8. The van der Waals surface area contributed by atoms with E-state index >= 15 is 0 Å². The van der Waals surface area contributed by atoms with E-state index in [0.29, 0.717) is 0 Å². The molecule has 94 valence electrons. The number of sulfone groups is 2. The normalized spacial score (nSPS) is 16.4. The van der Waals surface area contributed by atoms with E-state index in [-0.39, 0.29) is 0 Å². The van der Waals surface area contributed by atoms with Gasteiger partial charge in [-0.3, -0.25) is 0 Å². The maximum Gasteiger partial charge on any atom is 0.149 e. The lowest BCUT2D eigenvalue weighted by Gasteiger charge is -2.12. The number of hydrogen-bond donors (Lipinski definition) is 0. The molecule has 10 heteroatoms. The summed E-state index contributed by atoms with van der Waals surface area (Å²) in [6, 6.07) is -2.94. The zero-order chi connectivity index (χ0) is 13.0. The highest BCUT2D eigenvalue weighted by atomic mass is 32.2. The van der Waals surface area contributed by atoms with E-state index in [1.54, 1.807) is 0 Å². The molecule has 0 fully saturated rings. The van der Waals surface area contributed by atoms with E-state index in [4.69, 9.17) is 0 Å². The molecule has 0 heterocycles. The summed E-state index contributed by atoms with van der Waals surface area (Å²) >= 11 is 0. The van der Waals surface area contributed by atoms with Gasteiger partial charge in [-0.05, 0) is 0 Å². The Morgan fingerprint density at radius 3 is 1.19 bits per heavy atom. The van der Waals surface area contributed by atoms with Gasteiger partial charge in [0.15, 0.2) is 0 Å². The number of rotatable bonds is 7. The molecule has 0 saturated carbocycles. The zero-order valence-electron chi connectivity index (χ0n) is 8.73. The van der Waals surface area contributed by atoms with Gasteiger partial charge in [0.1, 0.15) is 31.8 Å². The van der Waals surface area contributed by atoms with Crippen LogP contribution in [0.2, 0.25) is 0 Å². The predicted molar refractivity (Wildman–Crippen MR) is 58.6 cm³/mol. The minimum absolute atomic E-state index is 0.692. The standard InChI is InChI=1S/C6H12N2O6S2/c1-15(11,12)3-5(7-9)6(8-10)4-16(2,13)14/h5-6H,3-4H2,1-2H3. The van der Waals surface area contributed by atoms with Gasteiger partial charge in [0.05, 0.1) is 11.5 Å². The summed E-state index contributed by atoms with van der Waals surface area (Å²) in [6.45, 7) is 0. The van der Waals surface area contributed by atoms with Crippen LogP contribution >= 0.6 is 0 Å². The fraction of sp³-hybridized carbons (Fsp3) is 1.00. The van der Waals surface area contributed by atoms with Crippen LogP contribution in [0.1, 0.15) is 0 Å². The number of nitrogens with zero attached hydrogens (tertiary/aromatic N) is 2. The third-order valence-corrected chi connectivity index (χ3v) is 3.56. The van der Waals surface area contributed by atoms with Gasteiger partial charge in [-0.2, -0.15) is 9.81 Å². The van der Waals surface area contributed by atoms with Crippen LogP contribution in [0.15, 0.2) is 10.4 Å². The van der Waals surface area contributed by atoms with Crippen LogP contribution in [0.4, 0.5) is 0 Å². The lowest BCUT2D eigenvalue weighted by atomic mass is 10.2. The minimum atomic E-state index is -3.53. The Bertz CT molecular complexity index is 409. The quantitative estimate of drug-likeness (QED) is 0.566. The highest BCUT2D eigenvalue weighted by Crippen LogP contribution is 2.09. The Labute approximate surface area is 93.2 Å². The van der Waals surface area contributed by atoms with Crippen molar-refractivity contribution in [2.45, 2.75) is 12.1 Å². The molecule has 2 unspecified atom stereocenters. The smallest absolute Gasteiger partial charge is 0.149 e. The van der Waals surface area contributed by atoms with E-state index in [2.05, 4.69) is 10.4 Å². The molecule has 0 bridgehead atoms. The van der Waals surface area contributed by atoms with Crippen LogP contribution in [0.5, 0.6) is 0 Å². The first kappa shape index (κ1) is 15.1. The van der Waals surface area contributed by atoms with Crippen LogP contribution in [0, 0.1) is 9.81 Å². The van der Waals surface area contributed by atoms with Crippen LogP contribution in [0.25, 0.3) is 0 Å². The molecule has 0 aromatic carbocycles. The molecule has 0 saturated heterocycles. The Hall–Kier alpha value is -0.900. The van der Waals surface area contributed by atoms with Gasteiger partial charge in [-0.25, -0.2) is 16.8 Å². The second-order valence-corrected chi connectivity index (χ2v) is 7.90. The average Bonchev–Trinajstić information content (AvgIpc) is 2.07. The molecule has 0 aliphatic heterocycles.